The van der Waals surface area contributed by atoms with E-state index < -0.39 is 33.6 Å². The molecule has 1 N–H and O–H groups in total. The highest BCUT2D eigenvalue weighted by Crippen LogP contribution is 2.39. The Morgan fingerprint density at radius 3 is 2.39 bits per heavy atom. The molecule has 1 aliphatic heterocycles. The van der Waals surface area contributed by atoms with Gasteiger partial charge >= 0.3 is 6.18 Å². The van der Waals surface area contributed by atoms with Crippen LogP contribution in [0, 0.1) is 0 Å². The van der Waals surface area contributed by atoms with Crippen LogP contribution in [0.5, 0.6) is 17.2 Å². The molecule has 1 heterocycles. The molecule has 1 saturated heterocycles. The van der Waals surface area contributed by atoms with Crippen LogP contribution in [0.3, 0.4) is 0 Å². The normalized spacial score (nSPS) is 16.7. The SMILES string of the molecule is CN1CC[C@@H](Oc2cc(NS(=O)(=O)c3ccc(Oc4cccc(Cl)c4Cl)cc3)ccc2C(F)(F)F)C1. The maximum atomic E-state index is 13.5. The van der Waals surface area contributed by atoms with Crippen LogP contribution in [0.25, 0.3) is 0 Å². The van der Waals surface area contributed by atoms with Gasteiger partial charge in [-0.3, -0.25) is 4.72 Å². The summed E-state index contributed by atoms with van der Waals surface area (Å²) in [5.74, 6) is 0.179. The van der Waals surface area contributed by atoms with Crippen LogP contribution in [-0.4, -0.2) is 39.6 Å². The maximum Gasteiger partial charge on any atom is 0.419 e. The van der Waals surface area contributed by atoms with Gasteiger partial charge in [-0.15, -0.1) is 0 Å². The summed E-state index contributed by atoms with van der Waals surface area (Å²) in [4.78, 5) is 1.82. The van der Waals surface area contributed by atoms with E-state index in [-0.39, 0.29) is 15.6 Å². The van der Waals surface area contributed by atoms with Crippen molar-refractivity contribution in [3.05, 3.63) is 76.3 Å². The van der Waals surface area contributed by atoms with Crippen LogP contribution in [0.15, 0.2) is 65.6 Å². The molecule has 36 heavy (non-hydrogen) atoms. The number of nitrogens with zero attached hydrogens (tertiary/aromatic N) is 1. The predicted molar refractivity (Wildman–Crippen MR) is 132 cm³/mol. The first kappa shape index (κ1) is 26.4. The van der Waals surface area contributed by atoms with Crippen molar-refractivity contribution in [3.8, 4) is 17.2 Å². The van der Waals surface area contributed by atoms with E-state index in [1.807, 2.05) is 11.9 Å². The Balaban J connectivity index is 1.53. The van der Waals surface area contributed by atoms with Gasteiger partial charge < -0.3 is 14.4 Å². The molecule has 0 aromatic heterocycles. The maximum absolute atomic E-state index is 13.5. The number of benzene rings is 3. The summed E-state index contributed by atoms with van der Waals surface area (Å²) in [5, 5.41) is 0.513. The number of nitrogens with one attached hydrogen (secondary N) is 1. The van der Waals surface area contributed by atoms with Gasteiger partial charge in [0.2, 0.25) is 0 Å². The first-order valence-electron chi connectivity index (χ1n) is 10.7. The van der Waals surface area contributed by atoms with E-state index in [1.54, 1.807) is 18.2 Å². The summed E-state index contributed by atoms with van der Waals surface area (Å²) >= 11 is 12.1. The summed E-state index contributed by atoms with van der Waals surface area (Å²) in [6, 6.07) is 13.2. The van der Waals surface area contributed by atoms with Crippen LogP contribution in [0.2, 0.25) is 10.0 Å². The minimum atomic E-state index is -4.65. The Morgan fingerprint density at radius 2 is 1.75 bits per heavy atom. The molecule has 0 spiro atoms. The number of rotatable bonds is 7. The molecule has 192 valence electrons. The molecule has 1 atom stereocenters. The number of ether oxygens (including phenoxy) is 2. The van der Waals surface area contributed by atoms with E-state index >= 15 is 0 Å². The van der Waals surface area contributed by atoms with Gasteiger partial charge in [0, 0.05) is 19.2 Å². The quantitative estimate of drug-likeness (QED) is 0.348. The Hall–Kier alpha value is -2.66. The standard InChI is InChI=1S/C24H21Cl2F3N2O4S/c1-31-12-11-17(14-31)35-22-13-15(5-10-19(22)24(27,28)29)30-36(32,33)18-8-6-16(7-9-18)34-21-4-2-3-20(25)23(21)26/h2-10,13,17,30H,11-12,14H2,1H3/t17-/m1/s1. The lowest BCUT2D eigenvalue weighted by molar-refractivity contribution is -0.139. The highest BCUT2D eigenvalue weighted by atomic mass is 35.5. The molecule has 12 heteroatoms. The fourth-order valence-electron chi connectivity index (χ4n) is 3.68. The first-order valence-corrected chi connectivity index (χ1v) is 13.0. The zero-order chi connectivity index (χ0) is 26.1. The molecular weight excluding hydrogens is 540 g/mol. The summed E-state index contributed by atoms with van der Waals surface area (Å²) in [5.41, 5.74) is -1.03. The summed E-state index contributed by atoms with van der Waals surface area (Å²) in [6.45, 7) is 1.17. The molecule has 0 saturated carbocycles. The van der Waals surface area contributed by atoms with Gasteiger partial charge in [0.25, 0.3) is 10.0 Å². The van der Waals surface area contributed by atoms with Crippen molar-refractivity contribution in [1.82, 2.24) is 4.90 Å². The molecule has 6 nitrogen and oxygen atoms in total. The summed E-state index contributed by atoms with van der Waals surface area (Å²) < 4.78 is 79.9. The first-order chi connectivity index (χ1) is 16.9. The number of hydrogen-bond acceptors (Lipinski definition) is 5. The number of hydrogen-bond donors (Lipinski definition) is 1. The monoisotopic (exact) mass is 560 g/mol. The second-order valence-electron chi connectivity index (χ2n) is 8.23. The second kappa shape index (κ2) is 10.4. The molecule has 0 bridgehead atoms. The van der Waals surface area contributed by atoms with E-state index in [0.29, 0.717) is 36.0 Å². The lowest BCUT2D eigenvalue weighted by atomic mass is 10.1. The van der Waals surface area contributed by atoms with E-state index in [0.717, 1.165) is 18.2 Å². The number of anilines is 1. The minimum Gasteiger partial charge on any atom is -0.488 e. The van der Waals surface area contributed by atoms with E-state index in [9.17, 15) is 21.6 Å². The molecule has 1 aliphatic rings. The Kier molecular flexibility index (Phi) is 7.61. The zero-order valence-corrected chi connectivity index (χ0v) is 21.2. The summed E-state index contributed by atoms with van der Waals surface area (Å²) in [6.07, 6.45) is -4.51. The van der Waals surface area contributed by atoms with Crippen LogP contribution in [0.1, 0.15) is 12.0 Å². The number of likely N-dealkylation sites (N-methyl/N-ethyl adjacent to an activating group) is 1. The molecule has 0 aliphatic carbocycles. The lowest BCUT2D eigenvalue weighted by Crippen LogP contribution is -2.23. The lowest BCUT2D eigenvalue weighted by Gasteiger charge is -2.19. The van der Waals surface area contributed by atoms with Crippen LogP contribution < -0.4 is 14.2 Å². The fraction of sp³-hybridized carbons (Fsp3) is 0.250. The van der Waals surface area contributed by atoms with Crippen molar-refractivity contribution in [2.75, 3.05) is 24.9 Å². The fourth-order valence-corrected chi connectivity index (χ4v) is 5.06. The molecule has 3 aromatic carbocycles. The summed E-state index contributed by atoms with van der Waals surface area (Å²) in [7, 11) is -2.27. The van der Waals surface area contributed by atoms with Crippen LogP contribution in [0.4, 0.5) is 18.9 Å². The van der Waals surface area contributed by atoms with Crippen LogP contribution in [-0.2, 0) is 16.2 Å². The Bertz CT molecular complexity index is 1350. The highest BCUT2D eigenvalue weighted by molar-refractivity contribution is 7.92. The van der Waals surface area contributed by atoms with Crippen molar-refractivity contribution in [2.24, 2.45) is 0 Å². The van der Waals surface area contributed by atoms with E-state index in [1.165, 1.54) is 24.3 Å². The van der Waals surface area contributed by atoms with Crippen molar-refractivity contribution < 1.29 is 31.1 Å². The predicted octanol–water partition coefficient (Wildman–Crippen LogP) is 6.69. The van der Waals surface area contributed by atoms with Crippen molar-refractivity contribution in [1.29, 1.82) is 0 Å². The van der Waals surface area contributed by atoms with Gasteiger partial charge in [0.05, 0.1) is 21.2 Å². The minimum absolute atomic E-state index is 0.0598. The van der Waals surface area contributed by atoms with Crippen molar-refractivity contribution in [2.45, 2.75) is 23.6 Å². The highest BCUT2D eigenvalue weighted by Gasteiger charge is 2.36. The van der Waals surface area contributed by atoms with Gasteiger partial charge in [0.15, 0.2) is 0 Å². The third-order valence-corrected chi connectivity index (χ3v) is 7.66. The average Bonchev–Trinajstić information content (AvgIpc) is 3.21. The van der Waals surface area contributed by atoms with E-state index in [2.05, 4.69) is 4.72 Å². The van der Waals surface area contributed by atoms with Gasteiger partial charge in [-0.05, 0) is 62.0 Å². The smallest absolute Gasteiger partial charge is 0.419 e. The molecule has 0 unspecified atom stereocenters. The van der Waals surface area contributed by atoms with E-state index in [4.69, 9.17) is 32.7 Å². The molecular formula is C24H21Cl2F3N2O4S. The molecule has 3 aromatic rings. The Morgan fingerprint density at radius 1 is 1.03 bits per heavy atom. The second-order valence-corrected chi connectivity index (χ2v) is 10.7. The number of halogens is 5. The van der Waals surface area contributed by atoms with Crippen LogP contribution >= 0.6 is 23.2 Å². The van der Waals surface area contributed by atoms with Gasteiger partial charge in [-0.1, -0.05) is 29.3 Å². The largest absolute Gasteiger partial charge is 0.488 e. The third-order valence-electron chi connectivity index (χ3n) is 5.46. The van der Waals surface area contributed by atoms with Gasteiger partial charge in [0.1, 0.15) is 28.4 Å². The Labute approximate surface area is 216 Å². The van der Waals surface area contributed by atoms with Crippen molar-refractivity contribution >= 4 is 38.9 Å². The molecule has 0 amide bonds. The molecule has 0 radical (unpaired) electrons. The zero-order valence-electron chi connectivity index (χ0n) is 18.9. The molecule has 1 fully saturated rings. The average molecular weight is 561 g/mol. The molecule has 4 rings (SSSR count). The van der Waals surface area contributed by atoms with Gasteiger partial charge in [-0.2, -0.15) is 13.2 Å². The number of alkyl halides is 3. The third kappa shape index (κ3) is 6.18. The van der Waals surface area contributed by atoms with Gasteiger partial charge in [-0.25, -0.2) is 8.42 Å². The van der Waals surface area contributed by atoms with Crippen molar-refractivity contribution in [3.63, 3.8) is 0 Å². The number of likely N-dealkylation sites (tertiary alicyclic amines) is 1. The number of sulfonamides is 1. The topological polar surface area (TPSA) is 67.9 Å².